The lowest BCUT2D eigenvalue weighted by molar-refractivity contribution is -0.180. The molecule has 3 N–H and O–H groups in total. The molecule has 38 heavy (non-hydrogen) atoms. The average molecular weight is 558 g/mol. The van der Waals surface area contributed by atoms with Crippen LogP contribution in [0.1, 0.15) is 22.0 Å². The molecule has 1 aliphatic heterocycles. The number of halogens is 1. The lowest BCUT2D eigenvalue weighted by Gasteiger charge is -2.35. The summed E-state index contributed by atoms with van der Waals surface area (Å²) in [5, 5.41) is 0.638. The summed E-state index contributed by atoms with van der Waals surface area (Å²) in [6.45, 7) is 0.364. The molecule has 0 spiro atoms. The molecule has 2 aliphatic rings. The molecule has 1 fully saturated rings. The maximum Gasteiger partial charge on any atom is 0.266 e. The van der Waals surface area contributed by atoms with Crippen LogP contribution in [0, 0.1) is 0 Å². The van der Waals surface area contributed by atoms with E-state index in [4.69, 9.17) is 31.5 Å². The number of amides is 1. The molecular formula is C27H28ClN3O6S. The number of aromatic nitrogens is 1. The minimum atomic E-state index is -4.12. The number of rotatable bonds is 8. The summed E-state index contributed by atoms with van der Waals surface area (Å²) < 4.78 is 46.4. The van der Waals surface area contributed by atoms with Crippen LogP contribution in [0.15, 0.2) is 77.7 Å². The molecule has 200 valence electrons. The van der Waals surface area contributed by atoms with Crippen molar-refractivity contribution in [3.05, 3.63) is 89.1 Å². The highest BCUT2D eigenvalue weighted by molar-refractivity contribution is 7.89. The number of ether oxygens (including phenoxy) is 3. The molecular weight excluding hydrogens is 530 g/mol. The summed E-state index contributed by atoms with van der Waals surface area (Å²) in [6, 6.07) is 14.8. The molecule has 5 rings (SSSR count). The number of primary amides is 1. The van der Waals surface area contributed by atoms with E-state index < -0.39 is 27.8 Å². The Morgan fingerprint density at radius 2 is 1.95 bits per heavy atom. The molecule has 9 nitrogen and oxygen atoms in total. The number of hydrogen-bond acceptors (Lipinski definition) is 6. The zero-order valence-corrected chi connectivity index (χ0v) is 22.2. The number of fused-ring (bicyclic) bond motifs is 1. The number of aromatic amines is 1. The quantitative estimate of drug-likeness (QED) is 0.322. The number of benzene rings is 2. The first-order valence-corrected chi connectivity index (χ1v) is 13.9. The Bertz CT molecular complexity index is 1490. The Balaban J connectivity index is 1.32. The van der Waals surface area contributed by atoms with Crippen molar-refractivity contribution in [1.82, 2.24) is 9.29 Å². The normalized spacial score (nSPS) is 24.2. The van der Waals surface area contributed by atoms with Gasteiger partial charge >= 0.3 is 0 Å². The summed E-state index contributed by atoms with van der Waals surface area (Å²) in [5.74, 6) is -1.88. The smallest absolute Gasteiger partial charge is 0.266 e. The summed E-state index contributed by atoms with van der Waals surface area (Å²) >= 11 is 6.13. The van der Waals surface area contributed by atoms with Crippen molar-refractivity contribution >= 4 is 38.4 Å². The second-order valence-corrected chi connectivity index (χ2v) is 11.4. The molecule has 1 aliphatic carbocycles. The third-order valence-corrected chi connectivity index (χ3v) is 8.92. The Kier molecular flexibility index (Phi) is 7.45. The van der Waals surface area contributed by atoms with Crippen molar-refractivity contribution in [2.45, 2.75) is 22.7 Å². The van der Waals surface area contributed by atoms with Crippen LogP contribution in [-0.4, -0.2) is 68.9 Å². The Labute approximate surface area is 225 Å². The number of nitrogens with zero attached hydrogens (tertiary/aromatic N) is 1. The van der Waals surface area contributed by atoms with Crippen LogP contribution in [0.5, 0.6) is 0 Å². The fourth-order valence-electron chi connectivity index (χ4n) is 4.73. The van der Waals surface area contributed by atoms with Crippen LogP contribution in [0.2, 0.25) is 5.02 Å². The lowest BCUT2D eigenvalue weighted by Crippen LogP contribution is -2.48. The van der Waals surface area contributed by atoms with Crippen LogP contribution in [0.3, 0.4) is 0 Å². The van der Waals surface area contributed by atoms with E-state index in [0.717, 1.165) is 5.56 Å². The molecule has 0 bridgehead atoms. The van der Waals surface area contributed by atoms with Gasteiger partial charge in [0.2, 0.25) is 15.8 Å². The van der Waals surface area contributed by atoms with Gasteiger partial charge in [0.25, 0.3) is 5.91 Å². The van der Waals surface area contributed by atoms with Gasteiger partial charge in [0.05, 0.1) is 19.3 Å². The van der Waals surface area contributed by atoms with Crippen molar-refractivity contribution in [2.75, 3.05) is 33.4 Å². The second kappa shape index (κ2) is 10.6. The van der Waals surface area contributed by atoms with Gasteiger partial charge in [0, 0.05) is 42.0 Å². The van der Waals surface area contributed by atoms with E-state index in [1.54, 1.807) is 19.2 Å². The van der Waals surface area contributed by atoms with Gasteiger partial charge in [0.1, 0.15) is 10.6 Å². The first kappa shape index (κ1) is 26.6. The van der Waals surface area contributed by atoms with Gasteiger partial charge in [-0.2, -0.15) is 4.31 Å². The number of hydrogen-bond donors (Lipinski definition) is 2. The topological polar surface area (TPSA) is 124 Å². The standard InChI is InChI=1S/C27H28ClN3O6S/c1-35-27(11-9-19(10-12-27)18-5-3-2-4-6-18)37-17-21-16-31(13-14-36-21)38(33,34)25-22-15-20(28)7-8-23(22)30-24(25)26(29)32/h2-12,15,19,21,30H,13-14,16-17H2,1H3,(H2,29,32)/t19?,21-,27?/m0/s1. The van der Waals surface area contributed by atoms with Crippen molar-refractivity contribution in [1.29, 1.82) is 0 Å². The van der Waals surface area contributed by atoms with Gasteiger partial charge in [-0.25, -0.2) is 8.42 Å². The van der Waals surface area contributed by atoms with Gasteiger partial charge < -0.3 is 24.9 Å². The summed E-state index contributed by atoms with van der Waals surface area (Å²) in [4.78, 5) is 14.8. The predicted octanol–water partition coefficient (Wildman–Crippen LogP) is 3.58. The first-order chi connectivity index (χ1) is 18.2. The zero-order chi connectivity index (χ0) is 26.9. The third kappa shape index (κ3) is 5.15. The molecule has 1 aromatic heterocycles. The van der Waals surface area contributed by atoms with Crippen molar-refractivity contribution < 1.29 is 27.4 Å². The summed E-state index contributed by atoms with van der Waals surface area (Å²) in [5.41, 5.74) is 6.92. The molecule has 0 radical (unpaired) electrons. The number of carbonyl (C=O) groups is 1. The van der Waals surface area contributed by atoms with E-state index in [1.165, 1.54) is 10.4 Å². The second-order valence-electron chi connectivity index (χ2n) is 9.13. The Morgan fingerprint density at radius 1 is 1.21 bits per heavy atom. The number of sulfonamides is 1. The molecule has 1 amide bonds. The van der Waals surface area contributed by atoms with Crippen LogP contribution < -0.4 is 5.73 Å². The predicted molar refractivity (Wildman–Crippen MR) is 143 cm³/mol. The van der Waals surface area contributed by atoms with Crippen LogP contribution in [0.25, 0.3) is 10.9 Å². The molecule has 2 aromatic carbocycles. The van der Waals surface area contributed by atoms with Crippen LogP contribution in [-0.2, 0) is 24.2 Å². The van der Waals surface area contributed by atoms with Gasteiger partial charge in [-0.15, -0.1) is 0 Å². The maximum absolute atomic E-state index is 13.8. The number of nitrogens with one attached hydrogen (secondary N) is 1. The molecule has 11 heteroatoms. The van der Waals surface area contributed by atoms with Crippen LogP contribution >= 0.6 is 11.6 Å². The minimum Gasteiger partial charge on any atom is -0.373 e. The molecule has 0 saturated carbocycles. The highest BCUT2D eigenvalue weighted by Crippen LogP contribution is 2.33. The Hall–Kier alpha value is -2.99. The summed E-state index contributed by atoms with van der Waals surface area (Å²) in [7, 11) is -2.58. The van der Waals surface area contributed by atoms with Gasteiger partial charge in [0.15, 0.2) is 0 Å². The van der Waals surface area contributed by atoms with E-state index in [-0.39, 0.29) is 42.8 Å². The lowest BCUT2D eigenvalue weighted by atomic mass is 9.93. The van der Waals surface area contributed by atoms with Gasteiger partial charge in [-0.3, -0.25) is 4.79 Å². The monoisotopic (exact) mass is 557 g/mol. The first-order valence-electron chi connectivity index (χ1n) is 12.1. The number of morpholine rings is 1. The number of allylic oxidation sites excluding steroid dienone is 2. The molecule has 3 aromatic rings. The largest absolute Gasteiger partial charge is 0.373 e. The van der Waals surface area contributed by atoms with Crippen molar-refractivity contribution in [3.63, 3.8) is 0 Å². The SMILES string of the molecule is COC1(OC[C@@H]2CN(S(=O)(=O)c3c(C(N)=O)[nH]c4ccc(Cl)cc34)CCO2)C=CC(c2ccccc2)C=C1. The molecule has 2 heterocycles. The van der Waals surface area contributed by atoms with Gasteiger partial charge in [-0.05, 0) is 35.9 Å². The van der Waals surface area contributed by atoms with Crippen molar-refractivity contribution in [2.24, 2.45) is 5.73 Å². The summed E-state index contributed by atoms with van der Waals surface area (Å²) in [6.07, 6.45) is 7.13. The van der Waals surface area contributed by atoms with Crippen molar-refractivity contribution in [3.8, 4) is 0 Å². The highest BCUT2D eigenvalue weighted by atomic mass is 35.5. The molecule has 1 atom stereocenters. The fraction of sp³-hybridized carbons (Fsp3) is 0.296. The minimum absolute atomic E-state index is 0.0215. The van der Waals surface area contributed by atoms with E-state index in [9.17, 15) is 13.2 Å². The van der Waals surface area contributed by atoms with Crippen LogP contribution in [0.4, 0.5) is 0 Å². The highest BCUT2D eigenvalue weighted by Gasteiger charge is 2.37. The Morgan fingerprint density at radius 3 is 2.63 bits per heavy atom. The van der Waals surface area contributed by atoms with E-state index >= 15 is 0 Å². The number of methoxy groups -OCH3 is 1. The maximum atomic E-state index is 13.8. The number of nitrogens with two attached hydrogens (primary N) is 1. The number of carbonyl (C=O) groups excluding carboxylic acids is 1. The third-order valence-electron chi connectivity index (χ3n) is 6.73. The van der Waals surface area contributed by atoms with E-state index in [0.29, 0.717) is 15.9 Å². The van der Waals surface area contributed by atoms with Gasteiger partial charge in [-0.1, -0.05) is 54.1 Å². The average Bonchev–Trinajstić information content (AvgIpc) is 3.33. The molecule has 0 unspecified atom stereocenters. The van der Waals surface area contributed by atoms with E-state index in [1.807, 2.05) is 42.5 Å². The zero-order valence-electron chi connectivity index (χ0n) is 20.7. The fourth-order valence-corrected chi connectivity index (χ4v) is 6.69. The van der Waals surface area contributed by atoms with E-state index in [2.05, 4.69) is 17.1 Å². The molecule has 1 saturated heterocycles. The number of H-pyrrole nitrogens is 1.